The fourth-order valence-corrected chi connectivity index (χ4v) is 3.25. The third-order valence-corrected chi connectivity index (χ3v) is 4.61. The molecule has 0 aliphatic rings. The molecular formula is C23H27NO6. The fourth-order valence-electron chi connectivity index (χ4n) is 3.25. The Kier molecular flexibility index (Phi) is 7.58. The van der Waals surface area contributed by atoms with Crippen LogP contribution in [0.15, 0.2) is 24.3 Å². The monoisotopic (exact) mass is 413 g/mol. The van der Waals surface area contributed by atoms with Gasteiger partial charge in [-0.3, -0.25) is 9.59 Å². The summed E-state index contributed by atoms with van der Waals surface area (Å²) in [7, 11) is 1.51. The standard InChI is InChI=1S/C23H27NO6/c1-7-8-17-9-10-18(19(11-17)28-6)29-12-20(26)30-16(5)23(27)22-13(2)21(15(4)25)14(3)24-22/h7-11,16,24H,12H2,1-6H3/b8-7+/t16-/m0/s1. The number of hydrogen-bond acceptors (Lipinski definition) is 6. The maximum atomic E-state index is 12.7. The van der Waals surface area contributed by atoms with Gasteiger partial charge in [-0.05, 0) is 57.9 Å². The normalized spacial score (nSPS) is 11.9. The molecule has 0 unspecified atom stereocenters. The second-order valence-electron chi connectivity index (χ2n) is 6.88. The van der Waals surface area contributed by atoms with E-state index in [2.05, 4.69) is 4.98 Å². The number of aromatic nitrogens is 1. The SMILES string of the molecule is C/C=C/c1ccc(OCC(=O)O[C@@H](C)C(=O)c2[nH]c(C)c(C(C)=O)c2C)c(OC)c1. The van der Waals surface area contributed by atoms with Gasteiger partial charge in [0.2, 0.25) is 5.78 Å². The first kappa shape index (κ1) is 22.9. The molecule has 1 atom stereocenters. The lowest BCUT2D eigenvalue weighted by Gasteiger charge is -2.14. The predicted molar refractivity (Wildman–Crippen MR) is 113 cm³/mol. The summed E-state index contributed by atoms with van der Waals surface area (Å²) in [6, 6.07) is 5.32. The summed E-state index contributed by atoms with van der Waals surface area (Å²) in [6.45, 7) is 7.87. The maximum absolute atomic E-state index is 12.7. The molecule has 30 heavy (non-hydrogen) atoms. The molecule has 0 fully saturated rings. The molecule has 2 aromatic rings. The molecule has 0 aliphatic carbocycles. The molecular weight excluding hydrogens is 386 g/mol. The number of Topliss-reactive ketones (excluding diaryl/α,β-unsaturated/α-hetero) is 2. The van der Waals surface area contributed by atoms with Crippen molar-refractivity contribution in [1.82, 2.24) is 4.98 Å². The molecule has 0 aliphatic heterocycles. The van der Waals surface area contributed by atoms with Crippen molar-refractivity contribution in [3.05, 3.63) is 52.4 Å². The first-order chi connectivity index (χ1) is 14.2. The van der Waals surface area contributed by atoms with Gasteiger partial charge in [0.25, 0.3) is 0 Å². The number of methoxy groups -OCH3 is 1. The van der Waals surface area contributed by atoms with Gasteiger partial charge in [-0.1, -0.05) is 18.2 Å². The van der Waals surface area contributed by atoms with Gasteiger partial charge in [0, 0.05) is 11.3 Å². The number of ether oxygens (including phenoxy) is 3. The lowest BCUT2D eigenvalue weighted by Crippen LogP contribution is -2.28. The van der Waals surface area contributed by atoms with Crippen LogP contribution in [0, 0.1) is 13.8 Å². The van der Waals surface area contributed by atoms with Crippen LogP contribution in [0.25, 0.3) is 6.08 Å². The van der Waals surface area contributed by atoms with E-state index in [-0.39, 0.29) is 18.1 Å². The zero-order valence-corrected chi connectivity index (χ0v) is 18.1. The van der Waals surface area contributed by atoms with Gasteiger partial charge in [-0.25, -0.2) is 4.79 Å². The number of rotatable bonds is 9. The molecule has 7 heteroatoms. The van der Waals surface area contributed by atoms with Crippen molar-refractivity contribution in [3.8, 4) is 11.5 Å². The fraction of sp³-hybridized carbons (Fsp3) is 0.348. The predicted octanol–water partition coefficient (Wildman–Crippen LogP) is 4.07. The van der Waals surface area contributed by atoms with Crippen LogP contribution in [-0.4, -0.2) is 42.3 Å². The second-order valence-corrected chi connectivity index (χ2v) is 6.88. The largest absolute Gasteiger partial charge is 0.493 e. The van der Waals surface area contributed by atoms with Crippen molar-refractivity contribution < 1.29 is 28.6 Å². The van der Waals surface area contributed by atoms with Crippen LogP contribution < -0.4 is 9.47 Å². The number of H-pyrrole nitrogens is 1. The number of esters is 1. The summed E-state index contributed by atoms with van der Waals surface area (Å²) in [5.41, 5.74) is 2.84. The minimum atomic E-state index is -1.03. The van der Waals surface area contributed by atoms with Crippen molar-refractivity contribution in [1.29, 1.82) is 0 Å². The Hall–Kier alpha value is -3.35. The van der Waals surface area contributed by atoms with Crippen LogP contribution in [0.4, 0.5) is 0 Å². The molecule has 0 radical (unpaired) electrons. The van der Waals surface area contributed by atoms with Crippen LogP contribution in [0.5, 0.6) is 11.5 Å². The highest BCUT2D eigenvalue weighted by atomic mass is 16.6. The van der Waals surface area contributed by atoms with Crippen molar-refractivity contribution in [3.63, 3.8) is 0 Å². The first-order valence-corrected chi connectivity index (χ1v) is 9.56. The van der Waals surface area contributed by atoms with Gasteiger partial charge in [-0.2, -0.15) is 0 Å². The first-order valence-electron chi connectivity index (χ1n) is 9.56. The minimum absolute atomic E-state index is 0.132. The van der Waals surface area contributed by atoms with Crippen LogP contribution in [0.2, 0.25) is 0 Å². The molecule has 7 nitrogen and oxygen atoms in total. The van der Waals surface area contributed by atoms with Crippen LogP contribution in [-0.2, 0) is 9.53 Å². The minimum Gasteiger partial charge on any atom is -0.493 e. The van der Waals surface area contributed by atoms with Gasteiger partial charge in [0.15, 0.2) is 30.0 Å². The average Bonchev–Trinajstić information content (AvgIpc) is 3.00. The molecule has 1 aromatic carbocycles. The summed E-state index contributed by atoms with van der Waals surface area (Å²) in [6.07, 6.45) is 2.78. The highest BCUT2D eigenvalue weighted by Gasteiger charge is 2.26. The highest BCUT2D eigenvalue weighted by Crippen LogP contribution is 2.28. The lowest BCUT2D eigenvalue weighted by atomic mass is 10.0. The number of benzene rings is 1. The van der Waals surface area contributed by atoms with E-state index in [1.54, 1.807) is 26.0 Å². The Labute approximate surface area is 176 Å². The van der Waals surface area contributed by atoms with E-state index in [1.165, 1.54) is 21.0 Å². The molecule has 1 heterocycles. The van der Waals surface area contributed by atoms with Gasteiger partial charge in [0.1, 0.15) is 0 Å². The van der Waals surface area contributed by atoms with E-state index >= 15 is 0 Å². The molecule has 2 rings (SSSR count). The molecule has 160 valence electrons. The molecule has 1 aromatic heterocycles. The summed E-state index contributed by atoms with van der Waals surface area (Å²) in [4.78, 5) is 39.5. The third-order valence-electron chi connectivity index (χ3n) is 4.61. The Morgan fingerprint density at radius 1 is 1.17 bits per heavy atom. The van der Waals surface area contributed by atoms with Gasteiger partial charge in [-0.15, -0.1) is 0 Å². The number of allylic oxidation sites excluding steroid dienone is 1. The second kappa shape index (κ2) is 9.91. The van der Waals surface area contributed by atoms with E-state index in [1.807, 2.05) is 25.1 Å². The lowest BCUT2D eigenvalue weighted by molar-refractivity contribution is -0.148. The average molecular weight is 413 g/mol. The number of ketones is 2. The number of nitrogens with one attached hydrogen (secondary N) is 1. The van der Waals surface area contributed by atoms with Crippen molar-refractivity contribution in [2.24, 2.45) is 0 Å². The van der Waals surface area contributed by atoms with Crippen molar-refractivity contribution >= 4 is 23.6 Å². The van der Waals surface area contributed by atoms with Crippen LogP contribution >= 0.6 is 0 Å². The maximum Gasteiger partial charge on any atom is 0.344 e. The topological polar surface area (TPSA) is 94.7 Å². The number of carbonyl (C=O) groups is 3. The van der Waals surface area contributed by atoms with E-state index in [0.29, 0.717) is 28.3 Å². The summed E-state index contributed by atoms with van der Waals surface area (Å²) in [5.74, 6) is -0.360. The van der Waals surface area contributed by atoms with Crippen molar-refractivity contribution in [2.75, 3.05) is 13.7 Å². The molecule has 0 saturated heterocycles. The molecule has 0 spiro atoms. The summed E-state index contributed by atoms with van der Waals surface area (Å²) in [5, 5.41) is 0. The van der Waals surface area contributed by atoms with Crippen molar-refractivity contribution in [2.45, 2.75) is 40.7 Å². The van der Waals surface area contributed by atoms with E-state index in [4.69, 9.17) is 14.2 Å². The summed E-state index contributed by atoms with van der Waals surface area (Å²) >= 11 is 0. The Bertz CT molecular complexity index is 986. The van der Waals surface area contributed by atoms with Crippen LogP contribution in [0.3, 0.4) is 0 Å². The van der Waals surface area contributed by atoms with Gasteiger partial charge in [0.05, 0.1) is 12.8 Å². The Balaban J connectivity index is 2.02. The smallest absolute Gasteiger partial charge is 0.344 e. The zero-order chi connectivity index (χ0) is 22.4. The third kappa shape index (κ3) is 5.17. The molecule has 1 N–H and O–H groups in total. The molecule has 0 saturated carbocycles. The Morgan fingerprint density at radius 2 is 1.87 bits per heavy atom. The zero-order valence-electron chi connectivity index (χ0n) is 18.1. The quantitative estimate of drug-likeness (QED) is 0.492. The van der Waals surface area contributed by atoms with E-state index in [9.17, 15) is 14.4 Å². The number of aromatic amines is 1. The molecule has 0 bridgehead atoms. The highest BCUT2D eigenvalue weighted by molar-refractivity contribution is 6.05. The van der Waals surface area contributed by atoms with E-state index < -0.39 is 17.9 Å². The molecule has 0 amide bonds. The van der Waals surface area contributed by atoms with Gasteiger partial charge >= 0.3 is 5.97 Å². The van der Waals surface area contributed by atoms with Crippen LogP contribution in [0.1, 0.15) is 58.4 Å². The Morgan fingerprint density at radius 3 is 2.43 bits per heavy atom. The van der Waals surface area contributed by atoms with Gasteiger partial charge < -0.3 is 19.2 Å². The summed E-state index contributed by atoms with van der Waals surface area (Å²) < 4.78 is 16.0. The number of aryl methyl sites for hydroxylation is 1. The number of carbonyl (C=O) groups excluding carboxylic acids is 3. The van der Waals surface area contributed by atoms with E-state index in [0.717, 1.165) is 5.56 Å². The number of hydrogen-bond donors (Lipinski definition) is 1.